The summed E-state index contributed by atoms with van der Waals surface area (Å²) in [6, 6.07) is 3.26. The number of benzene rings is 1. The standard InChI is InChI=1S/C20H19F4N7O2/c21-13-3-1-10(20(22,23)24)7-14(13)28-19(33)27-11-2-4-16(26-8-11)31-6-5-12-15(9-31)29-30-17(12)18(25)32/h1-4,7-8,12,15,17H,5-6,9H2,(H2,25,32)(H2,27,28,33). The Hall–Kier alpha value is -3.77. The Morgan fingerprint density at radius 2 is 1.91 bits per heavy atom. The van der Waals surface area contributed by atoms with Crippen molar-refractivity contribution in [2.45, 2.75) is 24.7 Å². The number of anilines is 3. The molecule has 2 aromatic rings. The number of halogens is 4. The molecule has 33 heavy (non-hydrogen) atoms. The van der Waals surface area contributed by atoms with E-state index in [0.29, 0.717) is 43.5 Å². The van der Waals surface area contributed by atoms with Crippen molar-refractivity contribution in [1.82, 2.24) is 4.98 Å². The van der Waals surface area contributed by atoms with Crippen LogP contribution in [-0.4, -0.2) is 42.1 Å². The SMILES string of the molecule is NC(=O)C1N=NC2CN(c3ccc(NC(=O)Nc4cc(C(F)(F)F)ccc4F)cn3)CCC21. The summed E-state index contributed by atoms with van der Waals surface area (Å²) in [6.45, 7) is 1.12. The van der Waals surface area contributed by atoms with E-state index in [9.17, 15) is 27.2 Å². The largest absolute Gasteiger partial charge is 0.416 e. The Morgan fingerprint density at radius 1 is 1.12 bits per heavy atom. The van der Waals surface area contributed by atoms with Gasteiger partial charge in [0.25, 0.3) is 0 Å². The van der Waals surface area contributed by atoms with Crippen LogP contribution in [0.4, 0.5) is 39.5 Å². The lowest BCUT2D eigenvalue weighted by Crippen LogP contribution is -2.47. The quantitative estimate of drug-likeness (QED) is 0.599. The van der Waals surface area contributed by atoms with E-state index in [4.69, 9.17) is 5.73 Å². The third-order valence-electron chi connectivity index (χ3n) is 5.54. The van der Waals surface area contributed by atoms with Gasteiger partial charge in [-0.05, 0) is 36.8 Å². The average Bonchev–Trinajstić information content (AvgIpc) is 3.18. The topological polar surface area (TPSA) is 125 Å². The van der Waals surface area contributed by atoms with Crippen LogP contribution in [0.5, 0.6) is 0 Å². The molecule has 174 valence electrons. The molecule has 1 fully saturated rings. The van der Waals surface area contributed by atoms with Crippen molar-refractivity contribution >= 4 is 29.1 Å². The minimum Gasteiger partial charge on any atom is -0.368 e. The van der Waals surface area contributed by atoms with Gasteiger partial charge in [0.05, 0.1) is 29.2 Å². The smallest absolute Gasteiger partial charge is 0.368 e. The van der Waals surface area contributed by atoms with Gasteiger partial charge in [-0.15, -0.1) is 0 Å². The Labute approximate surface area is 185 Å². The third-order valence-corrected chi connectivity index (χ3v) is 5.54. The van der Waals surface area contributed by atoms with Crippen LogP contribution in [0.1, 0.15) is 12.0 Å². The number of nitrogens with zero attached hydrogens (tertiary/aromatic N) is 4. The Balaban J connectivity index is 1.36. The normalized spacial score (nSPS) is 22.1. The summed E-state index contributed by atoms with van der Waals surface area (Å²) in [7, 11) is 0. The number of pyridine rings is 1. The van der Waals surface area contributed by atoms with Gasteiger partial charge < -0.3 is 21.3 Å². The van der Waals surface area contributed by atoms with Crippen LogP contribution < -0.4 is 21.3 Å². The maximum atomic E-state index is 13.8. The summed E-state index contributed by atoms with van der Waals surface area (Å²) < 4.78 is 52.2. The van der Waals surface area contributed by atoms with Gasteiger partial charge >= 0.3 is 12.2 Å². The number of fused-ring (bicyclic) bond motifs is 1. The molecule has 3 heterocycles. The zero-order chi connectivity index (χ0) is 23.8. The number of alkyl halides is 3. The number of primary amides is 1. The minimum atomic E-state index is -4.67. The number of carbonyl (C=O) groups is 2. The molecule has 3 unspecified atom stereocenters. The summed E-state index contributed by atoms with van der Waals surface area (Å²) in [5.41, 5.74) is 3.93. The molecule has 4 N–H and O–H groups in total. The summed E-state index contributed by atoms with van der Waals surface area (Å²) in [5.74, 6) is -0.908. The predicted octanol–water partition coefficient (Wildman–Crippen LogP) is 3.40. The molecular weight excluding hydrogens is 446 g/mol. The van der Waals surface area contributed by atoms with E-state index in [2.05, 4.69) is 25.8 Å². The monoisotopic (exact) mass is 465 g/mol. The Kier molecular flexibility index (Phi) is 5.87. The van der Waals surface area contributed by atoms with Crippen LogP contribution in [0.3, 0.4) is 0 Å². The highest BCUT2D eigenvalue weighted by Crippen LogP contribution is 2.33. The van der Waals surface area contributed by atoms with E-state index in [-0.39, 0.29) is 17.6 Å². The van der Waals surface area contributed by atoms with E-state index in [0.717, 1.165) is 0 Å². The van der Waals surface area contributed by atoms with Gasteiger partial charge in [0.15, 0.2) is 6.04 Å². The molecule has 3 atom stereocenters. The molecule has 2 aliphatic rings. The molecule has 0 saturated carbocycles. The molecule has 1 aromatic carbocycles. The Bertz CT molecular complexity index is 1090. The first-order chi connectivity index (χ1) is 15.6. The second kappa shape index (κ2) is 8.64. The van der Waals surface area contributed by atoms with Gasteiger partial charge in [0.1, 0.15) is 11.6 Å². The van der Waals surface area contributed by atoms with E-state index < -0.39 is 41.2 Å². The van der Waals surface area contributed by atoms with E-state index in [1.54, 1.807) is 12.1 Å². The highest BCUT2D eigenvalue weighted by molar-refractivity contribution is 5.99. The molecule has 1 saturated heterocycles. The predicted molar refractivity (Wildman–Crippen MR) is 110 cm³/mol. The first-order valence-corrected chi connectivity index (χ1v) is 9.97. The summed E-state index contributed by atoms with van der Waals surface area (Å²) >= 11 is 0. The maximum Gasteiger partial charge on any atom is 0.416 e. The number of nitrogens with one attached hydrogen (secondary N) is 2. The molecule has 3 amide bonds. The number of piperidine rings is 1. The lowest BCUT2D eigenvalue weighted by Gasteiger charge is -2.34. The molecular formula is C20H19F4N7O2. The van der Waals surface area contributed by atoms with Gasteiger partial charge in [-0.2, -0.15) is 23.4 Å². The molecule has 2 aliphatic heterocycles. The van der Waals surface area contributed by atoms with Crippen LogP contribution in [0.2, 0.25) is 0 Å². The number of nitrogens with two attached hydrogens (primary N) is 1. The number of rotatable bonds is 4. The summed E-state index contributed by atoms with van der Waals surface area (Å²) in [5, 5.41) is 12.6. The zero-order valence-corrected chi connectivity index (χ0v) is 17.0. The number of aromatic nitrogens is 1. The zero-order valence-electron chi connectivity index (χ0n) is 17.0. The molecule has 0 radical (unpaired) electrons. The maximum absolute atomic E-state index is 13.8. The highest BCUT2D eigenvalue weighted by Gasteiger charge is 2.42. The first-order valence-electron chi connectivity index (χ1n) is 9.97. The minimum absolute atomic E-state index is 0.0281. The van der Waals surface area contributed by atoms with Crippen LogP contribution in [0.25, 0.3) is 0 Å². The molecule has 0 aliphatic carbocycles. The van der Waals surface area contributed by atoms with Crippen LogP contribution in [-0.2, 0) is 11.0 Å². The molecule has 4 rings (SSSR count). The third kappa shape index (κ3) is 4.86. The number of amides is 3. The summed E-state index contributed by atoms with van der Waals surface area (Å²) in [6.07, 6.45) is -2.64. The lowest BCUT2D eigenvalue weighted by molar-refractivity contribution is -0.137. The van der Waals surface area contributed by atoms with Crippen molar-refractivity contribution < 1.29 is 27.2 Å². The molecule has 13 heteroatoms. The molecule has 9 nitrogen and oxygen atoms in total. The van der Waals surface area contributed by atoms with Crippen LogP contribution in [0, 0.1) is 11.7 Å². The van der Waals surface area contributed by atoms with E-state index in [1.807, 2.05) is 4.90 Å². The van der Waals surface area contributed by atoms with E-state index in [1.165, 1.54) is 6.20 Å². The van der Waals surface area contributed by atoms with Gasteiger partial charge in [-0.1, -0.05) is 0 Å². The number of hydrogen-bond acceptors (Lipinski definition) is 6. The lowest BCUT2D eigenvalue weighted by atomic mass is 9.87. The van der Waals surface area contributed by atoms with Gasteiger partial charge in [-0.25, -0.2) is 14.2 Å². The van der Waals surface area contributed by atoms with Crippen LogP contribution in [0.15, 0.2) is 46.8 Å². The first kappa shape index (κ1) is 22.4. The van der Waals surface area contributed by atoms with Gasteiger partial charge in [0.2, 0.25) is 5.91 Å². The fourth-order valence-electron chi connectivity index (χ4n) is 3.89. The van der Waals surface area contributed by atoms with Gasteiger partial charge in [-0.3, -0.25) is 4.79 Å². The van der Waals surface area contributed by atoms with Crippen molar-refractivity contribution in [2.75, 3.05) is 28.6 Å². The Morgan fingerprint density at radius 3 is 2.58 bits per heavy atom. The second-order valence-corrected chi connectivity index (χ2v) is 7.72. The summed E-state index contributed by atoms with van der Waals surface area (Å²) in [4.78, 5) is 29.8. The van der Waals surface area contributed by atoms with Crippen LogP contribution >= 0.6 is 0 Å². The van der Waals surface area contributed by atoms with Gasteiger partial charge in [0, 0.05) is 19.0 Å². The fraction of sp³-hybridized carbons (Fsp3) is 0.350. The average molecular weight is 465 g/mol. The van der Waals surface area contributed by atoms with Crippen molar-refractivity contribution in [3.8, 4) is 0 Å². The van der Waals surface area contributed by atoms with Crippen molar-refractivity contribution in [2.24, 2.45) is 21.9 Å². The van der Waals surface area contributed by atoms with Crippen molar-refractivity contribution in [3.05, 3.63) is 47.9 Å². The van der Waals surface area contributed by atoms with Crippen molar-refractivity contribution in [3.63, 3.8) is 0 Å². The van der Waals surface area contributed by atoms with E-state index >= 15 is 0 Å². The number of carbonyl (C=O) groups excluding carboxylic acids is 2. The second-order valence-electron chi connectivity index (χ2n) is 7.72. The van der Waals surface area contributed by atoms with Crippen molar-refractivity contribution in [1.29, 1.82) is 0 Å². The molecule has 1 aromatic heterocycles. The number of azo groups is 1. The highest BCUT2D eigenvalue weighted by atomic mass is 19.4. The number of hydrogen-bond donors (Lipinski definition) is 3. The fourth-order valence-corrected chi connectivity index (χ4v) is 3.89. The molecule has 0 spiro atoms. The molecule has 0 bridgehead atoms. The number of urea groups is 1.